The van der Waals surface area contributed by atoms with E-state index in [0.29, 0.717) is 11.5 Å². The average molecular weight is 252 g/mol. The number of carbonyl (C=O) groups excluding carboxylic acids is 1. The van der Waals surface area contributed by atoms with Gasteiger partial charge in [0.15, 0.2) is 5.75 Å². The smallest absolute Gasteiger partial charge is 0.269 e. The lowest BCUT2D eigenvalue weighted by Gasteiger charge is -2.05. The summed E-state index contributed by atoms with van der Waals surface area (Å²) in [7, 11) is 0. The summed E-state index contributed by atoms with van der Waals surface area (Å²) < 4.78 is 5.79. The van der Waals surface area contributed by atoms with Crippen molar-refractivity contribution in [2.24, 2.45) is 5.73 Å². The van der Waals surface area contributed by atoms with Gasteiger partial charge in [-0.25, -0.2) is 0 Å². The summed E-state index contributed by atoms with van der Waals surface area (Å²) in [6.45, 7) is 0. The fraction of sp³-hybridized carbons (Fsp3) is 0. The van der Waals surface area contributed by atoms with Gasteiger partial charge >= 0.3 is 0 Å². The van der Waals surface area contributed by atoms with E-state index in [1.165, 1.54) is 0 Å². The van der Waals surface area contributed by atoms with Crippen molar-refractivity contribution >= 4 is 16.8 Å². The van der Waals surface area contributed by atoms with Crippen molar-refractivity contribution in [2.75, 3.05) is 0 Å². The Bertz CT molecular complexity index is 732. The standard InChI is InChI=1S/C15H12N2O2/c16-15(18)13-14(19-10-6-2-1-3-7-10)11-8-4-5-9-12(11)17-13/h1-9,17H,(H2,16,18). The van der Waals surface area contributed by atoms with E-state index in [-0.39, 0.29) is 5.69 Å². The zero-order valence-electron chi connectivity index (χ0n) is 10.1. The number of hydrogen-bond donors (Lipinski definition) is 2. The van der Waals surface area contributed by atoms with Gasteiger partial charge in [-0.15, -0.1) is 0 Å². The Balaban J connectivity index is 2.15. The zero-order valence-corrected chi connectivity index (χ0v) is 10.1. The van der Waals surface area contributed by atoms with Crippen molar-refractivity contribution in [1.82, 2.24) is 4.98 Å². The first-order valence-electron chi connectivity index (χ1n) is 5.89. The van der Waals surface area contributed by atoms with Crippen LogP contribution in [0.5, 0.6) is 11.5 Å². The van der Waals surface area contributed by atoms with Crippen LogP contribution < -0.4 is 10.5 Å². The maximum absolute atomic E-state index is 11.5. The molecule has 0 fully saturated rings. The van der Waals surface area contributed by atoms with Gasteiger partial charge in [0.2, 0.25) is 0 Å². The lowest BCUT2D eigenvalue weighted by Crippen LogP contribution is -2.12. The molecule has 3 aromatic rings. The van der Waals surface area contributed by atoms with E-state index in [1.54, 1.807) is 0 Å². The van der Waals surface area contributed by atoms with Gasteiger partial charge in [0.25, 0.3) is 5.91 Å². The number of nitrogens with one attached hydrogen (secondary N) is 1. The van der Waals surface area contributed by atoms with Gasteiger partial charge < -0.3 is 15.5 Å². The highest BCUT2D eigenvalue weighted by atomic mass is 16.5. The Labute approximate surface area is 109 Å². The lowest BCUT2D eigenvalue weighted by molar-refractivity contribution is 0.0994. The van der Waals surface area contributed by atoms with Gasteiger partial charge in [-0.05, 0) is 24.3 Å². The van der Waals surface area contributed by atoms with Crippen LogP contribution in [0, 0.1) is 0 Å². The minimum Gasteiger partial charge on any atom is -0.454 e. The summed E-state index contributed by atoms with van der Waals surface area (Å²) in [5, 5.41) is 0.833. The number of ether oxygens (including phenoxy) is 1. The molecule has 0 saturated heterocycles. The molecular weight excluding hydrogens is 240 g/mol. The van der Waals surface area contributed by atoms with Crippen LogP contribution in [0.1, 0.15) is 10.5 Å². The number of H-pyrrole nitrogens is 1. The molecule has 4 nitrogen and oxygen atoms in total. The number of rotatable bonds is 3. The summed E-state index contributed by atoms with van der Waals surface area (Å²) in [6.07, 6.45) is 0. The van der Waals surface area contributed by atoms with Crippen molar-refractivity contribution < 1.29 is 9.53 Å². The van der Waals surface area contributed by atoms with Gasteiger partial charge in [-0.2, -0.15) is 0 Å². The normalized spacial score (nSPS) is 10.5. The molecule has 0 unspecified atom stereocenters. The van der Waals surface area contributed by atoms with Crippen molar-refractivity contribution in [3.63, 3.8) is 0 Å². The van der Waals surface area contributed by atoms with Crippen LogP contribution in [-0.4, -0.2) is 10.9 Å². The summed E-state index contributed by atoms with van der Waals surface area (Å²) in [6, 6.07) is 16.8. The van der Waals surface area contributed by atoms with Crippen LogP contribution in [0.3, 0.4) is 0 Å². The maximum Gasteiger partial charge on any atom is 0.269 e. The van der Waals surface area contributed by atoms with Crippen LogP contribution in [-0.2, 0) is 0 Å². The highest BCUT2D eigenvalue weighted by Crippen LogP contribution is 2.33. The van der Waals surface area contributed by atoms with Gasteiger partial charge in [0.05, 0.1) is 0 Å². The van der Waals surface area contributed by atoms with E-state index in [1.807, 2.05) is 54.6 Å². The highest BCUT2D eigenvalue weighted by molar-refractivity contribution is 6.02. The average Bonchev–Trinajstić information content (AvgIpc) is 2.79. The van der Waals surface area contributed by atoms with E-state index < -0.39 is 5.91 Å². The SMILES string of the molecule is NC(=O)c1[nH]c2ccccc2c1Oc1ccccc1. The van der Waals surface area contributed by atoms with Gasteiger partial charge in [-0.3, -0.25) is 4.79 Å². The number of hydrogen-bond acceptors (Lipinski definition) is 2. The monoisotopic (exact) mass is 252 g/mol. The molecule has 3 N–H and O–H groups in total. The maximum atomic E-state index is 11.5. The van der Waals surface area contributed by atoms with Crippen LogP contribution >= 0.6 is 0 Å². The molecule has 19 heavy (non-hydrogen) atoms. The number of benzene rings is 2. The number of nitrogens with two attached hydrogens (primary N) is 1. The van der Waals surface area contributed by atoms with Crippen LogP contribution in [0.2, 0.25) is 0 Å². The molecule has 0 radical (unpaired) electrons. The Morgan fingerprint density at radius 1 is 1.00 bits per heavy atom. The second-order valence-corrected chi connectivity index (χ2v) is 4.15. The fourth-order valence-corrected chi connectivity index (χ4v) is 2.00. The molecule has 0 atom stereocenters. The Morgan fingerprint density at radius 3 is 2.42 bits per heavy atom. The van der Waals surface area contributed by atoms with E-state index in [2.05, 4.69) is 4.98 Å². The zero-order chi connectivity index (χ0) is 13.2. The van der Waals surface area contributed by atoms with Gasteiger partial charge in [0.1, 0.15) is 11.4 Å². The van der Waals surface area contributed by atoms with Crippen molar-refractivity contribution in [3.05, 3.63) is 60.3 Å². The van der Waals surface area contributed by atoms with Crippen molar-refractivity contribution in [3.8, 4) is 11.5 Å². The molecule has 94 valence electrons. The second kappa shape index (κ2) is 4.49. The van der Waals surface area contributed by atoms with E-state index in [4.69, 9.17) is 10.5 Å². The number of fused-ring (bicyclic) bond motifs is 1. The predicted octanol–water partition coefficient (Wildman–Crippen LogP) is 3.06. The third-order valence-electron chi connectivity index (χ3n) is 2.87. The van der Waals surface area contributed by atoms with E-state index >= 15 is 0 Å². The van der Waals surface area contributed by atoms with Gasteiger partial charge in [0, 0.05) is 10.9 Å². The number of para-hydroxylation sites is 2. The number of aromatic nitrogens is 1. The van der Waals surface area contributed by atoms with Crippen molar-refractivity contribution in [1.29, 1.82) is 0 Å². The summed E-state index contributed by atoms with van der Waals surface area (Å²) in [5.41, 5.74) is 6.49. The topological polar surface area (TPSA) is 68.1 Å². The number of amides is 1. The van der Waals surface area contributed by atoms with Crippen LogP contribution in [0.4, 0.5) is 0 Å². The quantitative estimate of drug-likeness (QED) is 0.752. The molecule has 0 aliphatic carbocycles. The molecule has 3 rings (SSSR count). The molecule has 0 aliphatic heterocycles. The third-order valence-corrected chi connectivity index (χ3v) is 2.87. The van der Waals surface area contributed by atoms with Crippen LogP contribution in [0.15, 0.2) is 54.6 Å². The third kappa shape index (κ3) is 2.04. The lowest BCUT2D eigenvalue weighted by atomic mass is 10.2. The Kier molecular flexibility index (Phi) is 2.68. The second-order valence-electron chi connectivity index (χ2n) is 4.15. The van der Waals surface area contributed by atoms with Crippen molar-refractivity contribution in [2.45, 2.75) is 0 Å². The van der Waals surface area contributed by atoms with E-state index in [9.17, 15) is 4.79 Å². The Morgan fingerprint density at radius 2 is 1.68 bits per heavy atom. The molecule has 0 spiro atoms. The van der Waals surface area contributed by atoms with Crippen LogP contribution in [0.25, 0.3) is 10.9 Å². The van der Waals surface area contributed by atoms with Gasteiger partial charge in [-0.1, -0.05) is 30.3 Å². The molecule has 1 amide bonds. The molecule has 0 saturated carbocycles. The largest absolute Gasteiger partial charge is 0.454 e. The molecule has 0 bridgehead atoms. The minimum absolute atomic E-state index is 0.282. The molecule has 1 heterocycles. The number of aromatic amines is 1. The molecule has 0 aliphatic rings. The summed E-state index contributed by atoms with van der Waals surface area (Å²) in [4.78, 5) is 14.5. The first kappa shape index (κ1) is 11.3. The highest BCUT2D eigenvalue weighted by Gasteiger charge is 2.17. The summed E-state index contributed by atoms with van der Waals surface area (Å²) in [5.74, 6) is 0.589. The first-order chi connectivity index (χ1) is 9.25. The Hall–Kier alpha value is -2.75. The number of carbonyl (C=O) groups is 1. The number of primary amides is 1. The summed E-state index contributed by atoms with van der Waals surface area (Å²) >= 11 is 0. The first-order valence-corrected chi connectivity index (χ1v) is 5.89. The van der Waals surface area contributed by atoms with E-state index in [0.717, 1.165) is 10.9 Å². The predicted molar refractivity (Wildman–Crippen MR) is 73.3 cm³/mol. The molecule has 2 aromatic carbocycles. The molecule has 4 heteroatoms. The minimum atomic E-state index is -0.540. The molecule has 1 aromatic heterocycles. The molecular formula is C15H12N2O2. The fourth-order valence-electron chi connectivity index (χ4n) is 2.00.